The van der Waals surface area contributed by atoms with Crippen molar-refractivity contribution in [1.29, 1.82) is 0 Å². The molecule has 1 aliphatic rings. The fourth-order valence-corrected chi connectivity index (χ4v) is 1.92. The van der Waals surface area contributed by atoms with Crippen LogP contribution in [0.25, 0.3) is 0 Å². The predicted molar refractivity (Wildman–Crippen MR) is 67.2 cm³/mol. The van der Waals surface area contributed by atoms with Crippen molar-refractivity contribution >= 4 is 6.29 Å². The van der Waals surface area contributed by atoms with Crippen molar-refractivity contribution in [3.63, 3.8) is 0 Å². The van der Waals surface area contributed by atoms with Crippen molar-refractivity contribution in [2.24, 2.45) is 0 Å². The smallest absolute Gasteiger partial charge is 0.229 e. The maximum Gasteiger partial charge on any atom is 0.229 e. The SMILES string of the molecule is Cc1cccc(C=O)c1OCc1noc(C2CC2)n1. The normalized spacial score (nSPS) is 14.4. The molecule has 0 atom stereocenters. The predicted octanol–water partition coefficient (Wildman–Crippen LogP) is 2.65. The minimum Gasteiger partial charge on any atom is -0.484 e. The number of benzene rings is 1. The summed E-state index contributed by atoms with van der Waals surface area (Å²) >= 11 is 0. The third-order valence-electron chi connectivity index (χ3n) is 3.13. The Kier molecular flexibility index (Phi) is 3.03. The lowest BCUT2D eigenvalue weighted by Gasteiger charge is -2.08. The fraction of sp³-hybridized carbons (Fsp3) is 0.357. The van der Waals surface area contributed by atoms with Gasteiger partial charge in [0.05, 0.1) is 5.56 Å². The monoisotopic (exact) mass is 258 g/mol. The average molecular weight is 258 g/mol. The molecule has 0 saturated heterocycles. The van der Waals surface area contributed by atoms with Gasteiger partial charge >= 0.3 is 0 Å². The number of carbonyl (C=O) groups excluding carboxylic acids is 1. The first kappa shape index (κ1) is 11.9. The number of para-hydroxylation sites is 1. The van der Waals surface area contributed by atoms with Gasteiger partial charge in [0.15, 0.2) is 12.9 Å². The van der Waals surface area contributed by atoms with E-state index >= 15 is 0 Å². The molecule has 1 heterocycles. The Morgan fingerprint density at radius 3 is 3.05 bits per heavy atom. The van der Waals surface area contributed by atoms with Gasteiger partial charge in [0, 0.05) is 5.92 Å². The molecule has 5 heteroatoms. The van der Waals surface area contributed by atoms with Gasteiger partial charge in [-0.3, -0.25) is 4.79 Å². The van der Waals surface area contributed by atoms with Crippen molar-refractivity contribution in [1.82, 2.24) is 10.1 Å². The largest absolute Gasteiger partial charge is 0.484 e. The highest BCUT2D eigenvalue weighted by molar-refractivity contribution is 5.80. The summed E-state index contributed by atoms with van der Waals surface area (Å²) in [6.07, 6.45) is 3.03. The van der Waals surface area contributed by atoms with Gasteiger partial charge in [-0.1, -0.05) is 17.3 Å². The molecule has 5 nitrogen and oxygen atoms in total. The van der Waals surface area contributed by atoms with Crippen LogP contribution < -0.4 is 4.74 Å². The molecule has 0 bridgehead atoms. The van der Waals surface area contributed by atoms with Crippen molar-refractivity contribution in [2.45, 2.75) is 32.3 Å². The highest BCUT2D eigenvalue weighted by Gasteiger charge is 2.29. The van der Waals surface area contributed by atoms with Gasteiger partial charge in [-0.15, -0.1) is 0 Å². The van der Waals surface area contributed by atoms with Crippen LogP contribution in [0, 0.1) is 6.92 Å². The van der Waals surface area contributed by atoms with E-state index in [1.165, 1.54) is 0 Å². The average Bonchev–Trinajstić information content (AvgIpc) is 3.17. The van der Waals surface area contributed by atoms with E-state index in [-0.39, 0.29) is 6.61 Å². The molecule has 0 unspecified atom stereocenters. The number of carbonyl (C=O) groups is 1. The number of aldehydes is 1. The second-order valence-electron chi connectivity index (χ2n) is 4.72. The Hall–Kier alpha value is -2.17. The van der Waals surface area contributed by atoms with Gasteiger partial charge in [0.25, 0.3) is 0 Å². The van der Waals surface area contributed by atoms with Crippen LogP contribution in [-0.4, -0.2) is 16.4 Å². The molecule has 3 rings (SSSR count). The molecular weight excluding hydrogens is 244 g/mol. The Balaban J connectivity index is 1.72. The van der Waals surface area contributed by atoms with Crippen LogP contribution in [0.4, 0.5) is 0 Å². The summed E-state index contributed by atoms with van der Waals surface area (Å²) in [5.41, 5.74) is 1.45. The molecular formula is C14H14N2O3. The van der Waals surface area contributed by atoms with Gasteiger partial charge in [-0.25, -0.2) is 0 Å². The van der Waals surface area contributed by atoms with Gasteiger partial charge < -0.3 is 9.26 Å². The minimum atomic E-state index is 0.210. The summed E-state index contributed by atoms with van der Waals surface area (Å²) in [6, 6.07) is 5.45. The Bertz CT molecular complexity index is 602. The molecule has 1 aliphatic carbocycles. The van der Waals surface area contributed by atoms with Crippen LogP contribution in [0.5, 0.6) is 5.75 Å². The van der Waals surface area contributed by atoms with Crippen LogP contribution in [-0.2, 0) is 6.61 Å². The highest BCUT2D eigenvalue weighted by atomic mass is 16.5. The lowest BCUT2D eigenvalue weighted by molar-refractivity contribution is 0.111. The van der Waals surface area contributed by atoms with E-state index in [4.69, 9.17) is 9.26 Å². The van der Waals surface area contributed by atoms with E-state index in [1.54, 1.807) is 6.07 Å². The summed E-state index contributed by atoms with van der Waals surface area (Å²) in [5, 5.41) is 3.88. The van der Waals surface area contributed by atoms with Crippen molar-refractivity contribution in [3.05, 3.63) is 41.0 Å². The van der Waals surface area contributed by atoms with E-state index in [0.717, 1.165) is 24.7 Å². The molecule has 0 radical (unpaired) electrons. The standard InChI is InChI=1S/C14H14N2O3/c1-9-3-2-4-11(7-17)13(9)18-8-12-15-14(19-16-12)10-5-6-10/h2-4,7,10H,5-6,8H2,1H3. The van der Waals surface area contributed by atoms with Gasteiger partial charge in [0.2, 0.25) is 11.7 Å². The maximum atomic E-state index is 11.0. The fourth-order valence-electron chi connectivity index (χ4n) is 1.92. The quantitative estimate of drug-likeness (QED) is 0.771. The van der Waals surface area contributed by atoms with E-state index in [1.807, 2.05) is 19.1 Å². The Labute approximate surface area is 110 Å². The molecule has 0 spiro atoms. The van der Waals surface area contributed by atoms with Crippen LogP contribution in [0.15, 0.2) is 22.7 Å². The molecule has 1 saturated carbocycles. The second kappa shape index (κ2) is 4.84. The first-order valence-corrected chi connectivity index (χ1v) is 6.28. The van der Waals surface area contributed by atoms with Crippen molar-refractivity contribution in [3.8, 4) is 5.75 Å². The zero-order valence-electron chi connectivity index (χ0n) is 10.6. The zero-order valence-corrected chi connectivity index (χ0v) is 10.6. The Morgan fingerprint density at radius 2 is 2.32 bits per heavy atom. The molecule has 19 heavy (non-hydrogen) atoms. The lowest BCUT2D eigenvalue weighted by atomic mass is 10.1. The number of hydrogen-bond donors (Lipinski definition) is 0. The minimum absolute atomic E-state index is 0.210. The van der Waals surface area contributed by atoms with Crippen molar-refractivity contribution in [2.75, 3.05) is 0 Å². The summed E-state index contributed by atoms with van der Waals surface area (Å²) < 4.78 is 10.8. The number of aromatic nitrogens is 2. The third-order valence-corrected chi connectivity index (χ3v) is 3.13. The highest BCUT2D eigenvalue weighted by Crippen LogP contribution is 2.38. The number of nitrogens with zero attached hydrogens (tertiary/aromatic N) is 2. The summed E-state index contributed by atoms with van der Waals surface area (Å²) in [4.78, 5) is 15.2. The van der Waals surface area contributed by atoms with Gasteiger partial charge in [-0.2, -0.15) is 4.98 Å². The van der Waals surface area contributed by atoms with Crippen LogP contribution in [0.2, 0.25) is 0 Å². The van der Waals surface area contributed by atoms with Gasteiger partial charge in [-0.05, 0) is 31.4 Å². The van der Waals surface area contributed by atoms with Crippen LogP contribution >= 0.6 is 0 Å². The van der Waals surface area contributed by atoms with E-state index in [0.29, 0.717) is 28.9 Å². The Morgan fingerprint density at radius 1 is 1.47 bits per heavy atom. The zero-order chi connectivity index (χ0) is 13.2. The van der Waals surface area contributed by atoms with Crippen molar-refractivity contribution < 1.29 is 14.1 Å². The maximum absolute atomic E-state index is 11.0. The van der Waals surface area contributed by atoms with Gasteiger partial charge in [0.1, 0.15) is 5.75 Å². The molecule has 0 N–H and O–H groups in total. The first-order valence-electron chi connectivity index (χ1n) is 6.28. The number of rotatable bonds is 5. The molecule has 1 aromatic heterocycles. The van der Waals surface area contributed by atoms with E-state index < -0.39 is 0 Å². The topological polar surface area (TPSA) is 65.2 Å². The number of hydrogen-bond acceptors (Lipinski definition) is 5. The van der Waals surface area contributed by atoms with E-state index in [9.17, 15) is 4.79 Å². The number of aryl methyl sites for hydroxylation is 1. The van der Waals surface area contributed by atoms with Crippen LogP contribution in [0.1, 0.15) is 46.4 Å². The first-order chi connectivity index (χ1) is 9.28. The molecule has 2 aromatic rings. The summed E-state index contributed by atoms with van der Waals surface area (Å²) in [6.45, 7) is 2.11. The molecule has 0 aliphatic heterocycles. The molecule has 1 fully saturated rings. The lowest BCUT2D eigenvalue weighted by Crippen LogP contribution is -2.01. The molecule has 98 valence electrons. The summed E-state index contributed by atoms with van der Waals surface area (Å²) in [7, 11) is 0. The summed E-state index contributed by atoms with van der Waals surface area (Å²) in [5.74, 6) is 2.22. The van der Waals surface area contributed by atoms with Crippen LogP contribution in [0.3, 0.4) is 0 Å². The molecule has 1 aromatic carbocycles. The second-order valence-corrected chi connectivity index (χ2v) is 4.72. The third kappa shape index (κ3) is 2.50. The number of ether oxygens (including phenoxy) is 1. The van der Waals surface area contributed by atoms with E-state index in [2.05, 4.69) is 10.1 Å². The molecule has 0 amide bonds.